The van der Waals surface area contributed by atoms with Crippen LogP contribution in [0, 0.1) is 11.3 Å². The second-order valence-corrected chi connectivity index (χ2v) is 11.4. The largest absolute Gasteiger partial charge is 0.389 e. The number of aliphatic hydroxyl groups excluding tert-OH is 1. The Balaban J connectivity index is 1.40. The van der Waals surface area contributed by atoms with E-state index in [0.29, 0.717) is 13.0 Å². The number of nitrogens with one attached hydrogen (secondary N) is 4. The standard InChI is InChI=1S/C24H35FN4O6/c1-22(5-3-6-22)9-16(28-20(34)21(35)29-24-11-23(25,12-24)13-24)19(33)27-15(17(31)10-30)8-14-4-2-7-26-18(14)32/h14-16,30H,2-13H2,1H3,(H,26,32)(H,27,33)(H,28,34)(H,29,35)/t14-,15-,16-,23?,24?/m0/s1. The molecule has 0 aromatic carbocycles. The number of aliphatic hydroxyl groups is 1. The minimum absolute atomic E-state index is 0.0445. The van der Waals surface area contributed by atoms with Crippen molar-refractivity contribution in [3.8, 4) is 0 Å². The van der Waals surface area contributed by atoms with E-state index in [2.05, 4.69) is 21.3 Å². The molecule has 35 heavy (non-hydrogen) atoms. The molecule has 3 atom stereocenters. The highest BCUT2D eigenvalue weighted by Crippen LogP contribution is 2.62. The van der Waals surface area contributed by atoms with Gasteiger partial charge in [0.2, 0.25) is 11.8 Å². The number of ketones is 1. The van der Waals surface area contributed by atoms with Gasteiger partial charge in [-0.2, -0.15) is 0 Å². The molecular formula is C24H35FN4O6. The Kier molecular flexibility index (Phi) is 6.91. The van der Waals surface area contributed by atoms with Crippen molar-refractivity contribution in [1.29, 1.82) is 0 Å². The third kappa shape index (κ3) is 5.49. The van der Waals surface area contributed by atoms with Crippen LogP contribution in [-0.4, -0.2) is 71.0 Å². The van der Waals surface area contributed by atoms with Crippen molar-refractivity contribution >= 4 is 29.4 Å². The summed E-state index contributed by atoms with van der Waals surface area (Å²) >= 11 is 0. The fourth-order valence-electron chi connectivity index (χ4n) is 6.00. The molecule has 1 saturated heterocycles. The number of rotatable bonds is 10. The Labute approximate surface area is 203 Å². The SMILES string of the molecule is CC1(C[C@H](NC(=O)C(=O)NC23CC(F)(C2)C3)C(=O)N[C@@H](C[C@@H]2CCCNC2=O)C(=O)CO)CCC1. The quantitative estimate of drug-likeness (QED) is 0.265. The van der Waals surface area contributed by atoms with Gasteiger partial charge >= 0.3 is 11.8 Å². The van der Waals surface area contributed by atoms with Gasteiger partial charge in [-0.3, -0.25) is 24.0 Å². The fraction of sp³-hybridized carbons (Fsp3) is 0.792. The Bertz CT molecular complexity index is 900. The summed E-state index contributed by atoms with van der Waals surface area (Å²) in [6.07, 6.45) is 4.95. The highest BCUT2D eigenvalue weighted by atomic mass is 19.1. The van der Waals surface area contributed by atoms with E-state index in [1.54, 1.807) is 0 Å². The first-order chi connectivity index (χ1) is 16.5. The van der Waals surface area contributed by atoms with Crippen molar-refractivity contribution in [2.45, 2.75) is 94.4 Å². The molecule has 0 aromatic heterocycles. The summed E-state index contributed by atoms with van der Waals surface area (Å²) in [6.45, 7) is 1.76. The van der Waals surface area contributed by atoms with E-state index in [1.165, 1.54) is 0 Å². The zero-order valence-electron chi connectivity index (χ0n) is 20.1. The van der Waals surface area contributed by atoms with Crippen LogP contribution in [-0.2, 0) is 24.0 Å². The molecule has 5 aliphatic rings. The predicted octanol–water partition coefficient (Wildman–Crippen LogP) is -0.225. The maximum atomic E-state index is 13.7. The van der Waals surface area contributed by atoms with Crippen LogP contribution in [0.4, 0.5) is 4.39 Å². The monoisotopic (exact) mass is 494 g/mol. The van der Waals surface area contributed by atoms with Crippen molar-refractivity contribution in [2.75, 3.05) is 13.2 Å². The van der Waals surface area contributed by atoms with E-state index in [9.17, 15) is 33.5 Å². The van der Waals surface area contributed by atoms with Gasteiger partial charge in [0, 0.05) is 37.3 Å². The maximum absolute atomic E-state index is 13.7. The van der Waals surface area contributed by atoms with Gasteiger partial charge in [0.15, 0.2) is 5.78 Å². The lowest BCUT2D eigenvalue weighted by molar-refractivity contribution is -0.177. The molecular weight excluding hydrogens is 459 g/mol. The molecule has 194 valence electrons. The zero-order chi connectivity index (χ0) is 25.4. The van der Waals surface area contributed by atoms with Crippen LogP contribution in [0.15, 0.2) is 0 Å². The summed E-state index contributed by atoms with van der Waals surface area (Å²) in [4.78, 5) is 62.9. The maximum Gasteiger partial charge on any atom is 0.309 e. The van der Waals surface area contributed by atoms with Crippen LogP contribution < -0.4 is 21.3 Å². The second kappa shape index (κ2) is 9.48. The van der Waals surface area contributed by atoms with E-state index < -0.39 is 59.3 Å². The molecule has 11 heteroatoms. The van der Waals surface area contributed by atoms with Crippen molar-refractivity contribution < 1.29 is 33.5 Å². The number of hydrogen-bond donors (Lipinski definition) is 5. The lowest BCUT2D eigenvalue weighted by Gasteiger charge is -2.65. The molecule has 0 unspecified atom stereocenters. The van der Waals surface area contributed by atoms with Gasteiger partial charge in [-0.25, -0.2) is 4.39 Å². The van der Waals surface area contributed by atoms with Gasteiger partial charge in [0.25, 0.3) is 0 Å². The number of amides is 4. The molecule has 5 fully saturated rings. The van der Waals surface area contributed by atoms with Crippen LogP contribution in [0.2, 0.25) is 0 Å². The van der Waals surface area contributed by atoms with E-state index in [-0.39, 0.29) is 43.4 Å². The van der Waals surface area contributed by atoms with Gasteiger partial charge in [-0.15, -0.1) is 0 Å². The summed E-state index contributed by atoms with van der Waals surface area (Å²) in [7, 11) is 0. The molecule has 4 amide bonds. The number of carbonyl (C=O) groups is 5. The van der Waals surface area contributed by atoms with Crippen LogP contribution >= 0.6 is 0 Å². The first-order valence-corrected chi connectivity index (χ1v) is 12.5. The summed E-state index contributed by atoms with van der Waals surface area (Å²) in [5.74, 6) is -3.84. The first kappa shape index (κ1) is 25.5. The molecule has 5 N–H and O–H groups in total. The molecule has 5 rings (SSSR count). The number of alkyl halides is 1. The highest BCUT2D eigenvalue weighted by Gasteiger charge is 2.70. The van der Waals surface area contributed by atoms with E-state index in [4.69, 9.17) is 0 Å². The Morgan fingerprint density at radius 2 is 1.77 bits per heavy atom. The van der Waals surface area contributed by atoms with E-state index >= 15 is 0 Å². The van der Waals surface area contributed by atoms with Gasteiger partial charge in [0.05, 0.1) is 6.04 Å². The van der Waals surface area contributed by atoms with Gasteiger partial charge in [-0.1, -0.05) is 13.3 Å². The zero-order valence-corrected chi connectivity index (χ0v) is 20.1. The molecule has 4 saturated carbocycles. The predicted molar refractivity (Wildman–Crippen MR) is 121 cm³/mol. The Morgan fingerprint density at radius 1 is 1.09 bits per heavy atom. The number of piperidine rings is 1. The number of halogens is 1. The third-order valence-electron chi connectivity index (χ3n) is 8.21. The van der Waals surface area contributed by atoms with E-state index in [0.717, 1.165) is 25.7 Å². The van der Waals surface area contributed by atoms with Crippen LogP contribution in [0.3, 0.4) is 0 Å². The molecule has 1 aliphatic heterocycles. The minimum atomic E-state index is -1.23. The summed E-state index contributed by atoms with van der Waals surface area (Å²) < 4.78 is 13.7. The first-order valence-electron chi connectivity index (χ1n) is 12.5. The third-order valence-corrected chi connectivity index (χ3v) is 8.21. The fourth-order valence-corrected chi connectivity index (χ4v) is 6.00. The normalized spacial score (nSPS) is 31.9. The number of hydrogen-bond acceptors (Lipinski definition) is 6. The van der Waals surface area contributed by atoms with Crippen molar-refractivity contribution in [2.24, 2.45) is 11.3 Å². The van der Waals surface area contributed by atoms with E-state index in [1.807, 2.05) is 6.92 Å². The molecule has 0 radical (unpaired) electrons. The Hall–Kier alpha value is -2.56. The smallest absolute Gasteiger partial charge is 0.309 e. The number of Topliss-reactive ketones (excluding diaryl/α,β-unsaturated/α-hetero) is 1. The average Bonchev–Trinajstić information content (AvgIpc) is 2.75. The summed E-state index contributed by atoms with van der Waals surface area (Å²) in [6, 6.07) is -2.17. The van der Waals surface area contributed by atoms with Crippen molar-refractivity contribution in [1.82, 2.24) is 21.3 Å². The molecule has 0 aromatic rings. The van der Waals surface area contributed by atoms with Crippen LogP contribution in [0.1, 0.15) is 71.1 Å². The minimum Gasteiger partial charge on any atom is -0.389 e. The van der Waals surface area contributed by atoms with Gasteiger partial charge in [0.1, 0.15) is 18.3 Å². The van der Waals surface area contributed by atoms with Crippen molar-refractivity contribution in [3.05, 3.63) is 0 Å². The summed E-state index contributed by atoms with van der Waals surface area (Å²) in [5, 5.41) is 19.9. The molecule has 1 heterocycles. The summed E-state index contributed by atoms with van der Waals surface area (Å²) in [5.41, 5.74) is -2.09. The van der Waals surface area contributed by atoms with Crippen LogP contribution in [0.5, 0.6) is 0 Å². The lowest BCUT2D eigenvalue weighted by Crippen LogP contribution is -2.77. The Morgan fingerprint density at radius 3 is 2.31 bits per heavy atom. The average molecular weight is 495 g/mol. The van der Waals surface area contributed by atoms with Crippen LogP contribution in [0.25, 0.3) is 0 Å². The topological polar surface area (TPSA) is 154 Å². The number of carbonyl (C=O) groups excluding carboxylic acids is 5. The highest BCUT2D eigenvalue weighted by molar-refractivity contribution is 6.35. The van der Waals surface area contributed by atoms with Gasteiger partial charge in [-0.05, 0) is 43.9 Å². The molecule has 2 bridgehead atoms. The lowest BCUT2D eigenvalue weighted by atomic mass is 9.47. The second-order valence-electron chi connectivity index (χ2n) is 11.4. The molecule has 0 spiro atoms. The van der Waals surface area contributed by atoms with Gasteiger partial charge < -0.3 is 26.4 Å². The molecule has 10 nitrogen and oxygen atoms in total. The molecule has 4 aliphatic carbocycles. The van der Waals surface area contributed by atoms with Crippen molar-refractivity contribution in [3.63, 3.8) is 0 Å².